The minimum atomic E-state index is -1.07. The predicted molar refractivity (Wildman–Crippen MR) is 212 cm³/mol. The lowest BCUT2D eigenvalue weighted by molar-refractivity contribution is 0.0496. The van der Waals surface area contributed by atoms with Crippen molar-refractivity contribution >= 4 is 11.9 Å². The Kier molecular flexibility index (Phi) is 30.0. The summed E-state index contributed by atoms with van der Waals surface area (Å²) in [6, 6.07) is 3.10. The molecule has 1 rings (SSSR count). The lowest BCUT2D eigenvalue weighted by atomic mass is 9.93. The Hall–Kier alpha value is -2.92. The SMILES string of the molecule is CCCCC/C=C\C/C=C\CCCCCCCCOC(=O)c1cc(CO)cc(C(=O)O)c1CCCCCCCC/C=C\C/C=C\CCCCC. The summed E-state index contributed by atoms with van der Waals surface area (Å²) >= 11 is 0. The van der Waals surface area contributed by atoms with Crippen LogP contribution in [0.25, 0.3) is 0 Å². The molecule has 0 aliphatic heterocycles. The van der Waals surface area contributed by atoms with E-state index in [0.717, 1.165) is 70.6 Å². The Morgan fingerprint density at radius 3 is 1.44 bits per heavy atom. The molecule has 0 aliphatic carbocycles. The number of carboxylic acids is 1. The second kappa shape index (κ2) is 33.2. The topological polar surface area (TPSA) is 83.8 Å². The number of aliphatic hydroxyl groups is 1. The van der Waals surface area contributed by atoms with E-state index < -0.39 is 11.9 Å². The van der Waals surface area contributed by atoms with Gasteiger partial charge in [-0.15, -0.1) is 0 Å². The molecule has 0 fully saturated rings. The van der Waals surface area contributed by atoms with Crippen molar-refractivity contribution in [2.45, 2.75) is 181 Å². The third-order valence-electron chi connectivity index (χ3n) is 9.15. The van der Waals surface area contributed by atoms with Crippen LogP contribution < -0.4 is 0 Å². The third-order valence-corrected chi connectivity index (χ3v) is 9.15. The Labute approximate surface area is 306 Å². The van der Waals surface area contributed by atoms with E-state index >= 15 is 0 Å². The van der Waals surface area contributed by atoms with Crippen molar-refractivity contribution in [3.05, 3.63) is 83.0 Å². The van der Waals surface area contributed by atoms with Crippen LogP contribution in [0.3, 0.4) is 0 Å². The molecule has 2 N–H and O–H groups in total. The minimum absolute atomic E-state index is 0.0970. The highest BCUT2D eigenvalue weighted by Gasteiger charge is 2.21. The number of allylic oxidation sites excluding steroid dienone is 8. The third kappa shape index (κ3) is 24.3. The van der Waals surface area contributed by atoms with Gasteiger partial charge in [-0.3, -0.25) is 0 Å². The normalized spacial score (nSPS) is 12.0. The first-order valence-electron chi connectivity index (χ1n) is 20.3. The zero-order valence-electron chi connectivity index (χ0n) is 32.0. The van der Waals surface area contributed by atoms with Crippen molar-refractivity contribution in [2.75, 3.05) is 6.61 Å². The smallest absolute Gasteiger partial charge is 0.338 e. The van der Waals surface area contributed by atoms with Gasteiger partial charge < -0.3 is 14.9 Å². The van der Waals surface area contributed by atoms with Crippen molar-refractivity contribution in [2.24, 2.45) is 0 Å². The van der Waals surface area contributed by atoms with Crippen LogP contribution in [-0.4, -0.2) is 28.8 Å². The summed E-state index contributed by atoms with van der Waals surface area (Å²) in [5.41, 5.74) is 1.33. The summed E-state index contributed by atoms with van der Waals surface area (Å²) in [6.07, 6.45) is 46.1. The summed E-state index contributed by atoms with van der Waals surface area (Å²) in [4.78, 5) is 25.2. The van der Waals surface area contributed by atoms with Crippen LogP contribution in [0.4, 0.5) is 0 Å². The zero-order valence-corrected chi connectivity index (χ0v) is 32.0. The van der Waals surface area contributed by atoms with Crippen LogP contribution in [0.5, 0.6) is 0 Å². The molecule has 282 valence electrons. The molecule has 0 radical (unpaired) electrons. The number of hydrogen-bond donors (Lipinski definition) is 2. The summed E-state index contributed by atoms with van der Waals surface area (Å²) < 4.78 is 5.62. The fourth-order valence-corrected chi connectivity index (χ4v) is 6.09. The van der Waals surface area contributed by atoms with Crippen molar-refractivity contribution in [1.29, 1.82) is 0 Å². The van der Waals surface area contributed by atoms with E-state index in [1.807, 2.05) is 0 Å². The lowest BCUT2D eigenvalue weighted by Gasteiger charge is -2.14. The molecule has 0 aliphatic rings. The van der Waals surface area contributed by atoms with Gasteiger partial charge in [0.05, 0.1) is 24.3 Å². The van der Waals surface area contributed by atoms with Crippen LogP contribution in [0.2, 0.25) is 0 Å². The minimum Gasteiger partial charge on any atom is -0.478 e. The molecule has 0 heterocycles. The van der Waals surface area contributed by atoms with Crippen molar-refractivity contribution in [1.82, 2.24) is 0 Å². The first-order valence-corrected chi connectivity index (χ1v) is 20.3. The first-order chi connectivity index (χ1) is 24.5. The van der Waals surface area contributed by atoms with Gasteiger partial charge in [-0.2, -0.15) is 0 Å². The molecule has 5 nitrogen and oxygen atoms in total. The van der Waals surface area contributed by atoms with Gasteiger partial charge in [-0.05, 0) is 107 Å². The van der Waals surface area contributed by atoms with Crippen molar-refractivity contribution < 1.29 is 24.5 Å². The van der Waals surface area contributed by atoms with Crippen LogP contribution in [-0.2, 0) is 17.8 Å². The number of carbonyl (C=O) groups is 2. The number of carbonyl (C=O) groups excluding carboxylic acids is 1. The quantitative estimate of drug-likeness (QED) is 0.0435. The summed E-state index contributed by atoms with van der Waals surface area (Å²) in [7, 11) is 0. The first kappa shape index (κ1) is 45.1. The molecule has 0 aromatic heterocycles. The molecule has 0 saturated heterocycles. The molecule has 1 aromatic carbocycles. The van der Waals surface area contributed by atoms with Gasteiger partial charge in [0.25, 0.3) is 0 Å². The average molecular weight is 693 g/mol. The number of esters is 1. The fourth-order valence-electron chi connectivity index (χ4n) is 6.09. The Morgan fingerprint density at radius 2 is 0.980 bits per heavy atom. The molecule has 0 saturated carbocycles. The number of carboxylic acid groups (broad SMARTS) is 1. The van der Waals surface area contributed by atoms with Gasteiger partial charge in [-0.1, -0.05) is 140 Å². The molecular weight excluding hydrogens is 620 g/mol. The van der Waals surface area contributed by atoms with E-state index in [-0.39, 0.29) is 17.7 Å². The average Bonchev–Trinajstić information content (AvgIpc) is 3.12. The van der Waals surface area contributed by atoms with Gasteiger partial charge >= 0.3 is 11.9 Å². The molecule has 0 bridgehead atoms. The molecule has 0 unspecified atom stereocenters. The van der Waals surface area contributed by atoms with Gasteiger partial charge in [0, 0.05) is 0 Å². The summed E-state index contributed by atoms with van der Waals surface area (Å²) in [5.74, 6) is -1.56. The maximum Gasteiger partial charge on any atom is 0.338 e. The maximum atomic E-state index is 13.1. The maximum absolute atomic E-state index is 13.1. The Morgan fingerprint density at radius 1 is 0.560 bits per heavy atom. The number of hydrogen-bond acceptors (Lipinski definition) is 4. The van der Waals surface area contributed by atoms with Gasteiger partial charge in [0.2, 0.25) is 0 Å². The largest absolute Gasteiger partial charge is 0.478 e. The van der Waals surface area contributed by atoms with Crippen molar-refractivity contribution in [3.63, 3.8) is 0 Å². The predicted octanol–water partition coefficient (Wildman–Crippen LogP) is 13.2. The zero-order chi connectivity index (χ0) is 36.3. The van der Waals surface area contributed by atoms with E-state index in [1.54, 1.807) is 6.07 Å². The number of ether oxygens (including phenoxy) is 1. The second-order valence-corrected chi connectivity index (χ2v) is 13.7. The molecule has 5 heteroatoms. The lowest BCUT2D eigenvalue weighted by Crippen LogP contribution is -2.15. The van der Waals surface area contributed by atoms with Crippen LogP contribution in [0.15, 0.2) is 60.7 Å². The van der Waals surface area contributed by atoms with E-state index in [4.69, 9.17) is 4.74 Å². The highest BCUT2D eigenvalue weighted by molar-refractivity contribution is 5.97. The number of benzene rings is 1. The standard InChI is InChI=1S/C45H72O5/c1-3-5-7-9-11-13-15-17-19-21-23-25-27-29-31-33-35-41-42(44(47)48)37-40(39-46)38-43(41)45(49)50-36-34-32-30-28-26-24-22-20-18-16-14-12-10-8-6-4-2/h11-14,17-20,37-38,46H,3-10,15-16,21-36,39H2,1-2H3,(H,47,48)/b13-11-,14-12-,19-17-,20-18-. The number of rotatable bonds is 33. The van der Waals surface area contributed by atoms with Gasteiger partial charge in [0.15, 0.2) is 0 Å². The fraction of sp³-hybridized carbons (Fsp3) is 0.644. The Bertz CT molecular complexity index is 1110. The molecular formula is C45H72O5. The highest BCUT2D eigenvalue weighted by Crippen LogP contribution is 2.23. The molecule has 0 spiro atoms. The van der Waals surface area contributed by atoms with Crippen LogP contribution >= 0.6 is 0 Å². The van der Waals surface area contributed by atoms with E-state index in [9.17, 15) is 19.8 Å². The summed E-state index contributed by atoms with van der Waals surface area (Å²) in [5, 5.41) is 19.6. The van der Waals surface area contributed by atoms with Crippen LogP contribution in [0, 0.1) is 0 Å². The van der Waals surface area contributed by atoms with E-state index in [0.29, 0.717) is 24.2 Å². The van der Waals surface area contributed by atoms with Crippen LogP contribution in [0.1, 0.15) is 200 Å². The number of aliphatic hydroxyl groups excluding tert-OH is 1. The molecule has 0 amide bonds. The molecule has 0 atom stereocenters. The Balaban J connectivity index is 2.33. The van der Waals surface area contributed by atoms with E-state index in [1.165, 1.54) is 89.5 Å². The second-order valence-electron chi connectivity index (χ2n) is 13.7. The summed E-state index contributed by atoms with van der Waals surface area (Å²) in [6.45, 7) is 4.47. The molecule has 50 heavy (non-hydrogen) atoms. The molecule has 1 aromatic rings. The number of unbranched alkanes of at least 4 members (excludes halogenated alkanes) is 18. The van der Waals surface area contributed by atoms with E-state index in [2.05, 4.69) is 62.5 Å². The van der Waals surface area contributed by atoms with Gasteiger partial charge in [0.1, 0.15) is 0 Å². The van der Waals surface area contributed by atoms with Gasteiger partial charge in [-0.25, -0.2) is 9.59 Å². The monoisotopic (exact) mass is 693 g/mol. The number of aromatic carboxylic acids is 1. The highest BCUT2D eigenvalue weighted by atomic mass is 16.5. The van der Waals surface area contributed by atoms with Crippen molar-refractivity contribution in [3.8, 4) is 0 Å².